The zero-order valence-corrected chi connectivity index (χ0v) is 16.3. The minimum atomic E-state index is -0.252. The van der Waals surface area contributed by atoms with E-state index in [2.05, 4.69) is 5.32 Å². The van der Waals surface area contributed by atoms with Gasteiger partial charge >= 0.3 is 0 Å². The van der Waals surface area contributed by atoms with Crippen molar-refractivity contribution in [3.8, 4) is 11.5 Å². The summed E-state index contributed by atoms with van der Waals surface area (Å²) < 4.78 is 25.4. The van der Waals surface area contributed by atoms with Gasteiger partial charge in [0.25, 0.3) is 0 Å². The molecule has 6 heteroatoms. The van der Waals surface area contributed by atoms with Crippen LogP contribution in [0.2, 0.25) is 0 Å². The van der Waals surface area contributed by atoms with Crippen LogP contribution in [0, 0.1) is 5.82 Å². The van der Waals surface area contributed by atoms with E-state index in [4.69, 9.17) is 9.47 Å². The number of carbonyl (C=O) groups is 1. The predicted octanol–water partition coefficient (Wildman–Crippen LogP) is 3.83. The molecule has 0 saturated heterocycles. The van der Waals surface area contributed by atoms with Crippen LogP contribution in [0.4, 0.5) is 10.1 Å². The first-order valence-corrected chi connectivity index (χ1v) is 9.02. The van der Waals surface area contributed by atoms with E-state index in [0.29, 0.717) is 23.7 Å². The topological polar surface area (TPSA) is 51.4 Å². The summed E-state index contributed by atoms with van der Waals surface area (Å²) in [5.41, 5.74) is 2.50. The zero-order chi connectivity index (χ0) is 20.6. The fraction of sp³-hybridized carbons (Fsp3) is 0.130. The highest BCUT2D eigenvalue weighted by Crippen LogP contribution is 2.27. The molecule has 0 unspecified atom stereocenters. The molecule has 1 amide bonds. The van der Waals surface area contributed by atoms with Gasteiger partial charge < -0.3 is 14.8 Å². The number of rotatable bonds is 7. The molecule has 1 heterocycles. The van der Waals surface area contributed by atoms with Gasteiger partial charge in [-0.15, -0.1) is 0 Å². The fourth-order valence-electron chi connectivity index (χ4n) is 2.76. The molecule has 5 nitrogen and oxygen atoms in total. The Bertz CT molecular complexity index is 1000. The lowest BCUT2D eigenvalue weighted by molar-refractivity contribution is -0.688. The van der Waals surface area contributed by atoms with E-state index in [-0.39, 0.29) is 11.7 Å². The average Bonchev–Trinajstić information content (AvgIpc) is 2.75. The Morgan fingerprint density at radius 3 is 2.34 bits per heavy atom. The Labute approximate surface area is 169 Å². The van der Waals surface area contributed by atoms with Crippen molar-refractivity contribution in [2.45, 2.75) is 6.54 Å². The van der Waals surface area contributed by atoms with Crippen LogP contribution < -0.4 is 19.4 Å². The summed E-state index contributed by atoms with van der Waals surface area (Å²) in [6.45, 7) is 0.619. The van der Waals surface area contributed by atoms with Crippen molar-refractivity contribution in [3.05, 3.63) is 90.0 Å². The summed E-state index contributed by atoms with van der Waals surface area (Å²) in [6.07, 6.45) is 6.88. The maximum atomic E-state index is 13.0. The maximum absolute atomic E-state index is 13.0. The first-order valence-electron chi connectivity index (χ1n) is 9.02. The number of amides is 1. The lowest BCUT2D eigenvalue weighted by Crippen LogP contribution is -2.33. The Hall–Kier alpha value is -3.67. The average molecular weight is 393 g/mol. The number of halogens is 1. The molecule has 0 saturated carbocycles. The molecule has 0 atom stereocenters. The highest BCUT2D eigenvalue weighted by molar-refractivity contribution is 6.01. The van der Waals surface area contributed by atoms with Crippen molar-refractivity contribution in [1.82, 2.24) is 0 Å². The van der Waals surface area contributed by atoms with Gasteiger partial charge in [-0.2, -0.15) is 0 Å². The highest BCUT2D eigenvalue weighted by atomic mass is 19.1. The fourth-order valence-corrected chi connectivity index (χ4v) is 2.76. The number of ether oxygens (including phenoxy) is 2. The minimum absolute atomic E-state index is 0.240. The molecule has 0 spiro atoms. The standard InChI is InChI=1S/C23H21FN2O3/c1-28-21-9-5-17(15-22(21)29-2)6-10-23(27)25-20-11-13-26(14-12-20)16-18-3-7-19(24)8-4-18/h3-15H,16H2,1-2H3/p+1. The summed E-state index contributed by atoms with van der Waals surface area (Å²) in [6, 6.07) is 15.4. The number of benzene rings is 2. The van der Waals surface area contributed by atoms with Crippen LogP contribution in [0.5, 0.6) is 11.5 Å². The third-order valence-electron chi connectivity index (χ3n) is 4.27. The Kier molecular flexibility index (Phi) is 6.58. The number of pyridine rings is 1. The van der Waals surface area contributed by atoms with Gasteiger partial charge in [-0.05, 0) is 48.0 Å². The number of nitrogens with zero attached hydrogens (tertiary/aromatic N) is 1. The Morgan fingerprint density at radius 2 is 1.69 bits per heavy atom. The van der Waals surface area contributed by atoms with Gasteiger partial charge in [0.2, 0.25) is 5.91 Å². The van der Waals surface area contributed by atoms with Crippen LogP contribution in [-0.4, -0.2) is 20.1 Å². The van der Waals surface area contributed by atoms with Gasteiger partial charge in [-0.25, -0.2) is 8.96 Å². The summed E-state index contributed by atoms with van der Waals surface area (Å²) in [7, 11) is 3.14. The van der Waals surface area contributed by atoms with Gasteiger partial charge in [-0.1, -0.05) is 6.07 Å². The molecule has 1 N–H and O–H groups in total. The number of methoxy groups -OCH3 is 2. The van der Waals surface area contributed by atoms with E-state index >= 15 is 0 Å². The molecular formula is C23H22FN2O3+. The second kappa shape index (κ2) is 9.50. The smallest absolute Gasteiger partial charge is 0.248 e. The van der Waals surface area contributed by atoms with E-state index < -0.39 is 0 Å². The van der Waals surface area contributed by atoms with Crippen LogP contribution in [0.3, 0.4) is 0 Å². The lowest BCUT2D eigenvalue weighted by Gasteiger charge is -2.07. The van der Waals surface area contributed by atoms with Crippen LogP contribution in [-0.2, 0) is 11.3 Å². The molecule has 0 radical (unpaired) electrons. The highest BCUT2D eigenvalue weighted by Gasteiger charge is 2.06. The van der Waals surface area contributed by atoms with Gasteiger partial charge in [0.15, 0.2) is 30.4 Å². The largest absolute Gasteiger partial charge is 0.493 e. The monoisotopic (exact) mass is 393 g/mol. The number of hydrogen-bond donors (Lipinski definition) is 1. The van der Waals surface area contributed by atoms with Crippen LogP contribution in [0.15, 0.2) is 73.1 Å². The van der Waals surface area contributed by atoms with Crippen molar-refractivity contribution >= 4 is 17.7 Å². The van der Waals surface area contributed by atoms with Crippen molar-refractivity contribution in [2.24, 2.45) is 0 Å². The Morgan fingerprint density at radius 1 is 1.00 bits per heavy atom. The molecule has 2 aromatic carbocycles. The first kappa shape index (κ1) is 20.1. The van der Waals surface area contributed by atoms with E-state index in [9.17, 15) is 9.18 Å². The van der Waals surface area contributed by atoms with E-state index in [1.165, 1.54) is 18.2 Å². The molecule has 29 heavy (non-hydrogen) atoms. The molecule has 3 rings (SSSR count). The summed E-state index contributed by atoms with van der Waals surface area (Å²) in [5.74, 6) is 0.741. The van der Waals surface area contributed by atoms with Crippen molar-refractivity contribution in [2.75, 3.05) is 19.5 Å². The van der Waals surface area contributed by atoms with Gasteiger partial charge in [0.1, 0.15) is 5.82 Å². The Balaban J connectivity index is 1.59. The SMILES string of the molecule is COc1ccc(C=CC(=O)Nc2cc[n+](Cc3ccc(F)cc3)cc2)cc1OC. The third-order valence-corrected chi connectivity index (χ3v) is 4.27. The normalized spacial score (nSPS) is 10.7. The molecule has 0 aliphatic carbocycles. The predicted molar refractivity (Wildman–Crippen MR) is 109 cm³/mol. The number of aromatic nitrogens is 1. The second-order valence-corrected chi connectivity index (χ2v) is 6.32. The number of carbonyl (C=O) groups excluding carboxylic acids is 1. The first-order chi connectivity index (χ1) is 14.1. The van der Waals surface area contributed by atoms with Gasteiger partial charge in [0.05, 0.1) is 19.9 Å². The summed E-state index contributed by atoms with van der Waals surface area (Å²) in [4.78, 5) is 12.2. The van der Waals surface area contributed by atoms with Crippen LogP contribution in [0.25, 0.3) is 6.08 Å². The molecule has 0 bridgehead atoms. The molecule has 1 aromatic heterocycles. The third kappa shape index (κ3) is 5.65. The maximum Gasteiger partial charge on any atom is 0.248 e. The van der Waals surface area contributed by atoms with Crippen molar-refractivity contribution in [3.63, 3.8) is 0 Å². The molecule has 0 aliphatic heterocycles. The van der Waals surface area contributed by atoms with E-state index in [1.54, 1.807) is 44.6 Å². The number of anilines is 1. The van der Waals surface area contributed by atoms with Gasteiger partial charge in [-0.3, -0.25) is 4.79 Å². The van der Waals surface area contributed by atoms with Crippen molar-refractivity contribution < 1.29 is 23.2 Å². The number of nitrogens with one attached hydrogen (secondary N) is 1. The zero-order valence-electron chi connectivity index (χ0n) is 16.3. The summed E-state index contributed by atoms with van der Waals surface area (Å²) >= 11 is 0. The quantitative estimate of drug-likeness (QED) is 0.490. The molecule has 0 fully saturated rings. The minimum Gasteiger partial charge on any atom is -0.493 e. The van der Waals surface area contributed by atoms with E-state index in [0.717, 1.165) is 11.1 Å². The lowest BCUT2D eigenvalue weighted by atomic mass is 10.2. The molecule has 148 valence electrons. The van der Waals surface area contributed by atoms with Gasteiger partial charge in [0, 0.05) is 23.8 Å². The molecular weight excluding hydrogens is 371 g/mol. The summed E-state index contributed by atoms with van der Waals surface area (Å²) in [5, 5.41) is 2.82. The molecule has 3 aromatic rings. The second-order valence-electron chi connectivity index (χ2n) is 6.32. The van der Waals surface area contributed by atoms with Crippen LogP contribution >= 0.6 is 0 Å². The molecule has 0 aliphatic rings. The number of hydrogen-bond acceptors (Lipinski definition) is 3. The van der Waals surface area contributed by atoms with E-state index in [1.807, 2.05) is 35.2 Å². The van der Waals surface area contributed by atoms with Crippen molar-refractivity contribution in [1.29, 1.82) is 0 Å². The van der Waals surface area contributed by atoms with Crippen LogP contribution in [0.1, 0.15) is 11.1 Å².